The number of nitrogens with one attached hydrogen (secondary N) is 1. The summed E-state index contributed by atoms with van der Waals surface area (Å²) in [5.74, 6) is 0.370. The maximum Gasteiger partial charge on any atom is 0.253 e. The van der Waals surface area contributed by atoms with Crippen molar-refractivity contribution in [3.8, 4) is 0 Å². The summed E-state index contributed by atoms with van der Waals surface area (Å²) < 4.78 is 27.6. The maximum absolute atomic E-state index is 13.0. The van der Waals surface area contributed by atoms with E-state index in [9.17, 15) is 13.2 Å². The highest BCUT2D eigenvalue weighted by atomic mass is 32.2. The van der Waals surface area contributed by atoms with E-state index in [-0.39, 0.29) is 5.91 Å². The molecule has 0 spiro atoms. The van der Waals surface area contributed by atoms with Gasteiger partial charge in [0, 0.05) is 16.3 Å². The summed E-state index contributed by atoms with van der Waals surface area (Å²) >= 11 is 2.77. The summed E-state index contributed by atoms with van der Waals surface area (Å²) in [4.78, 5) is 19.6. The van der Waals surface area contributed by atoms with Crippen molar-refractivity contribution in [1.29, 1.82) is 0 Å². The van der Waals surface area contributed by atoms with Crippen molar-refractivity contribution in [3.05, 3.63) is 27.6 Å². The minimum absolute atomic E-state index is 0.275. The molecule has 6 nitrogen and oxygen atoms in total. The van der Waals surface area contributed by atoms with E-state index >= 15 is 0 Å². The highest BCUT2D eigenvalue weighted by molar-refractivity contribution is 7.91. The molecule has 1 fully saturated rings. The summed E-state index contributed by atoms with van der Waals surface area (Å²) in [6.45, 7) is 4.49. The van der Waals surface area contributed by atoms with Crippen LogP contribution in [0.1, 0.15) is 41.6 Å². The van der Waals surface area contributed by atoms with Crippen molar-refractivity contribution >= 4 is 43.7 Å². The molecule has 3 heterocycles. The molecule has 0 saturated carbocycles. The minimum Gasteiger partial charge on any atom is -0.301 e. The van der Waals surface area contributed by atoms with Crippen LogP contribution in [0.4, 0.5) is 5.13 Å². The van der Waals surface area contributed by atoms with Crippen molar-refractivity contribution < 1.29 is 13.2 Å². The van der Waals surface area contributed by atoms with Crippen LogP contribution in [0.5, 0.6) is 0 Å². The number of aromatic nitrogens is 1. The number of carbonyl (C=O) groups is 1. The van der Waals surface area contributed by atoms with Gasteiger partial charge in [0.15, 0.2) is 5.13 Å². The van der Waals surface area contributed by atoms with E-state index in [1.165, 1.54) is 31.9 Å². The zero-order chi connectivity index (χ0) is 19.2. The third-order valence-electron chi connectivity index (χ3n) is 5.20. The second-order valence-electron chi connectivity index (χ2n) is 7.36. The zero-order valence-electron chi connectivity index (χ0n) is 15.4. The van der Waals surface area contributed by atoms with Gasteiger partial charge in [0.25, 0.3) is 10.0 Å². The van der Waals surface area contributed by atoms with Gasteiger partial charge in [0.05, 0.1) is 5.69 Å². The molecule has 0 bridgehead atoms. The van der Waals surface area contributed by atoms with Crippen LogP contribution in [0.2, 0.25) is 0 Å². The lowest BCUT2D eigenvalue weighted by Gasteiger charge is -2.22. The summed E-state index contributed by atoms with van der Waals surface area (Å²) in [5.41, 5.74) is 1.08. The van der Waals surface area contributed by atoms with E-state index in [0.29, 0.717) is 34.6 Å². The predicted molar refractivity (Wildman–Crippen MR) is 108 cm³/mol. The molecule has 1 aliphatic heterocycles. The number of thiophene rings is 1. The van der Waals surface area contributed by atoms with Crippen LogP contribution in [0.3, 0.4) is 0 Å². The fourth-order valence-electron chi connectivity index (χ4n) is 3.74. The smallest absolute Gasteiger partial charge is 0.253 e. The molecular formula is C18H23N3O3S3. The first-order valence-electron chi connectivity index (χ1n) is 9.22. The van der Waals surface area contributed by atoms with Gasteiger partial charge in [-0.3, -0.25) is 4.79 Å². The van der Waals surface area contributed by atoms with Crippen LogP contribution < -0.4 is 5.32 Å². The molecule has 146 valence electrons. The first kappa shape index (κ1) is 19.0. The minimum atomic E-state index is -3.64. The molecule has 0 aromatic carbocycles. The molecule has 2 aromatic heterocycles. The molecule has 2 atom stereocenters. The van der Waals surface area contributed by atoms with Gasteiger partial charge in [-0.05, 0) is 57.1 Å². The molecule has 2 aliphatic rings. The van der Waals surface area contributed by atoms with Crippen molar-refractivity contribution in [2.45, 2.75) is 56.2 Å². The fraction of sp³-hybridized carbons (Fsp3) is 0.556. The second kappa shape index (κ2) is 7.27. The van der Waals surface area contributed by atoms with Crippen LogP contribution in [-0.2, 0) is 27.7 Å². The van der Waals surface area contributed by atoms with Crippen molar-refractivity contribution in [3.63, 3.8) is 0 Å². The summed E-state index contributed by atoms with van der Waals surface area (Å²) in [7, 11) is -3.64. The topological polar surface area (TPSA) is 79.4 Å². The molecule has 2 aromatic rings. The Hall–Kier alpha value is -1.29. The summed E-state index contributed by atoms with van der Waals surface area (Å²) in [6, 6.07) is 2.75. The monoisotopic (exact) mass is 425 g/mol. The average molecular weight is 426 g/mol. The van der Waals surface area contributed by atoms with Crippen LogP contribution in [0, 0.1) is 12.8 Å². The largest absolute Gasteiger partial charge is 0.301 e. The lowest BCUT2D eigenvalue weighted by atomic mass is 9.93. The number of fused-ring (bicyclic) bond motifs is 1. The Morgan fingerprint density at radius 1 is 1.30 bits per heavy atom. The van der Waals surface area contributed by atoms with E-state index in [4.69, 9.17) is 0 Å². The number of hydrogen-bond donors (Lipinski definition) is 1. The zero-order valence-corrected chi connectivity index (χ0v) is 17.8. The van der Waals surface area contributed by atoms with Crippen molar-refractivity contribution in [2.75, 3.05) is 11.9 Å². The quantitative estimate of drug-likeness (QED) is 0.814. The van der Waals surface area contributed by atoms with Crippen LogP contribution in [0.15, 0.2) is 16.3 Å². The lowest BCUT2D eigenvalue weighted by Crippen LogP contribution is -2.42. The lowest BCUT2D eigenvalue weighted by molar-refractivity contribution is -0.119. The van der Waals surface area contributed by atoms with Gasteiger partial charge in [0.1, 0.15) is 10.3 Å². The summed E-state index contributed by atoms with van der Waals surface area (Å²) in [5, 5.41) is 3.47. The molecular weight excluding hydrogens is 402 g/mol. The third-order valence-corrected chi connectivity index (χ3v) is 9.61. The molecule has 1 aliphatic carbocycles. The molecule has 9 heteroatoms. The van der Waals surface area contributed by atoms with E-state index in [2.05, 4.69) is 17.2 Å². The van der Waals surface area contributed by atoms with Crippen LogP contribution in [-0.4, -0.2) is 36.2 Å². The number of aryl methyl sites for hydroxylation is 2. The number of nitrogens with zero attached hydrogens (tertiary/aromatic N) is 2. The Balaban J connectivity index is 1.51. The number of anilines is 1. The van der Waals surface area contributed by atoms with E-state index in [1.54, 1.807) is 12.1 Å². The van der Waals surface area contributed by atoms with E-state index in [1.807, 2.05) is 6.92 Å². The van der Waals surface area contributed by atoms with Gasteiger partial charge in [0.2, 0.25) is 5.91 Å². The molecule has 1 N–H and O–H groups in total. The van der Waals surface area contributed by atoms with E-state index < -0.39 is 16.1 Å². The Bertz CT molecular complexity index is 964. The van der Waals surface area contributed by atoms with Gasteiger partial charge in [-0.15, -0.1) is 22.7 Å². The Labute approximate surface area is 167 Å². The Kier molecular flexibility index (Phi) is 5.13. The molecule has 0 unspecified atom stereocenters. The SMILES string of the molecule is Cc1ccc(S(=O)(=O)N2CCC[C@@H]2C(=O)Nc2nc3c(s2)C[C@H](C)CC3)s1. The molecule has 1 saturated heterocycles. The predicted octanol–water partition coefficient (Wildman–Crippen LogP) is 3.43. The fourth-order valence-corrected chi connectivity index (χ4v) is 7.98. The Morgan fingerprint density at radius 3 is 2.85 bits per heavy atom. The highest BCUT2D eigenvalue weighted by Crippen LogP contribution is 2.34. The number of carbonyl (C=O) groups excluding carboxylic acids is 1. The molecule has 0 radical (unpaired) electrons. The number of rotatable bonds is 4. The number of thiazole rings is 1. The van der Waals surface area contributed by atoms with Crippen LogP contribution >= 0.6 is 22.7 Å². The van der Waals surface area contributed by atoms with Gasteiger partial charge in [-0.2, -0.15) is 4.31 Å². The average Bonchev–Trinajstić information content (AvgIpc) is 3.32. The second-order valence-corrected chi connectivity index (χ2v) is 11.9. The molecule has 27 heavy (non-hydrogen) atoms. The highest BCUT2D eigenvalue weighted by Gasteiger charge is 2.40. The van der Waals surface area contributed by atoms with Gasteiger partial charge in [-0.1, -0.05) is 6.92 Å². The van der Waals surface area contributed by atoms with Gasteiger partial charge in [-0.25, -0.2) is 13.4 Å². The van der Waals surface area contributed by atoms with Crippen molar-refractivity contribution in [1.82, 2.24) is 9.29 Å². The number of sulfonamides is 1. The summed E-state index contributed by atoms with van der Waals surface area (Å²) in [6.07, 6.45) is 4.30. The van der Waals surface area contributed by atoms with E-state index in [0.717, 1.165) is 29.8 Å². The standard InChI is InChI=1S/C18H23N3O3S3/c1-11-5-7-13-15(10-11)26-18(19-13)20-17(22)14-4-3-9-21(14)27(23,24)16-8-6-12(2)25-16/h6,8,11,14H,3-5,7,9-10H2,1-2H3,(H,19,20,22)/t11-,14-/m1/s1. The number of hydrogen-bond acceptors (Lipinski definition) is 6. The first-order valence-corrected chi connectivity index (χ1v) is 12.3. The normalized spacial score (nSPS) is 23.3. The molecule has 4 rings (SSSR count). The Morgan fingerprint density at radius 2 is 2.11 bits per heavy atom. The number of amides is 1. The third kappa shape index (κ3) is 3.70. The van der Waals surface area contributed by atoms with Gasteiger partial charge >= 0.3 is 0 Å². The molecule has 1 amide bonds. The first-order chi connectivity index (χ1) is 12.8. The van der Waals surface area contributed by atoms with Crippen LogP contribution in [0.25, 0.3) is 0 Å². The van der Waals surface area contributed by atoms with Crippen molar-refractivity contribution in [2.24, 2.45) is 5.92 Å². The van der Waals surface area contributed by atoms with Gasteiger partial charge < -0.3 is 5.32 Å². The maximum atomic E-state index is 13.0.